The second-order valence-electron chi connectivity index (χ2n) is 5.45. The number of aryl methyl sites for hydroxylation is 1. The minimum Gasteiger partial charge on any atom is -0.373 e. The summed E-state index contributed by atoms with van der Waals surface area (Å²) in [4.78, 5) is 0. The molecule has 0 N–H and O–H groups in total. The minimum absolute atomic E-state index is 0.226. The van der Waals surface area contributed by atoms with Gasteiger partial charge in [-0.1, -0.05) is 44.4 Å². The number of unbranched alkanes of at least 4 members (excludes halogenated alkanes) is 2. The van der Waals surface area contributed by atoms with Crippen LogP contribution in [-0.4, -0.2) is 12.7 Å². The maximum absolute atomic E-state index is 13.9. The Labute approximate surface area is 119 Å². The summed E-state index contributed by atoms with van der Waals surface area (Å²) < 4.78 is 33.3. The van der Waals surface area contributed by atoms with Crippen LogP contribution in [-0.2, 0) is 4.74 Å². The molecule has 3 heteroatoms. The molecule has 0 saturated heterocycles. The molecule has 1 heterocycles. The fourth-order valence-corrected chi connectivity index (χ4v) is 2.51. The Kier molecular flexibility index (Phi) is 5.30. The van der Waals surface area contributed by atoms with Crippen LogP contribution >= 0.6 is 0 Å². The number of hydrogen-bond acceptors (Lipinski definition) is 1. The molecule has 0 spiro atoms. The highest BCUT2D eigenvalue weighted by atomic mass is 19.2. The van der Waals surface area contributed by atoms with Crippen molar-refractivity contribution < 1.29 is 13.5 Å². The summed E-state index contributed by atoms with van der Waals surface area (Å²) in [6.45, 7) is 4.11. The van der Waals surface area contributed by atoms with E-state index in [1.54, 1.807) is 19.1 Å². The van der Waals surface area contributed by atoms with Gasteiger partial charge in [-0.2, -0.15) is 0 Å². The summed E-state index contributed by atoms with van der Waals surface area (Å²) in [5.74, 6) is -1.52. The van der Waals surface area contributed by atoms with E-state index in [-0.39, 0.29) is 6.10 Å². The molecule has 0 saturated carbocycles. The number of halogens is 2. The molecule has 1 aliphatic rings. The Balaban J connectivity index is 2.03. The van der Waals surface area contributed by atoms with Gasteiger partial charge in [-0.25, -0.2) is 8.78 Å². The summed E-state index contributed by atoms with van der Waals surface area (Å²) >= 11 is 0. The maximum Gasteiger partial charge on any atom is 0.166 e. The highest BCUT2D eigenvalue weighted by Gasteiger charge is 2.19. The van der Waals surface area contributed by atoms with Crippen LogP contribution in [0.5, 0.6) is 0 Å². The Hall–Kier alpha value is -1.22. The van der Waals surface area contributed by atoms with E-state index < -0.39 is 11.6 Å². The quantitative estimate of drug-likeness (QED) is 0.688. The summed E-state index contributed by atoms with van der Waals surface area (Å²) in [7, 11) is 0. The average Bonchev–Trinajstić information content (AvgIpc) is 2.46. The third kappa shape index (κ3) is 3.45. The molecule has 0 fully saturated rings. The molecule has 1 aromatic rings. The molecule has 0 amide bonds. The molecular weight excluding hydrogens is 258 g/mol. The van der Waals surface area contributed by atoms with Gasteiger partial charge in [-0.15, -0.1) is 0 Å². The first-order chi connectivity index (χ1) is 9.63. The Morgan fingerprint density at radius 3 is 2.65 bits per heavy atom. The van der Waals surface area contributed by atoms with Gasteiger partial charge in [0.05, 0.1) is 12.7 Å². The fourth-order valence-electron chi connectivity index (χ4n) is 2.51. The van der Waals surface area contributed by atoms with Crippen molar-refractivity contribution in [1.29, 1.82) is 0 Å². The Morgan fingerprint density at radius 2 is 2.00 bits per heavy atom. The largest absolute Gasteiger partial charge is 0.373 e. The van der Waals surface area contributed by atoms with Crippen molar-refractivity contribution in [2.45, 2.75) is 52.1 Å². The van der Waals surface area contributed by atoms with E-state index in [0.717, 1.165) is 24.8 Å². The maximum atomic E-state index is 13.9. The summed E-state index contributed by atoms with van der Waals surface area (Å²) in [6.07, 6.45) is 7.63. The molecule has 110 valence electrons. The van der Waals surface area contributed by atoms with Crippen LogP contribution in [0.1, 0.15) is 50.2 Å². The van der Waals surface area contributed by atoms with Crippen LogP contribution in [0.4, 0.5) is 8.78 Å². The van der Waals surface area contributed by atoms with Crippen LogP contribution in [0, 0.1) is 18.6 Å². The SMILES string of the molecule is CCCCCC1CC=C(c2ccc(C)c(F)c2F)CO1. The first-order valence-electron chi connectivity index (χ1n) is 7.39. The Bertz CT molecular complexity index is 494. The molecule has 0 aliphatic carbocycles. The number of ether oxygens (including phenoxy) is 1. The summed E-state index contributed by atoms with van der Waals surface area (Å²) in [6, 6.07) is 3.25. The van der Waals surface area contributed by atoms with Crippen LogP contribution in [0.25, 0.3) is 5.57 Å². The smallest absolute Gasteiger partial charge is 0.166 e. The monoisotopic (exact) mass is 280 g/mol. The molecule has 1 aromatic carbocycles. The summed E-state index contributed by atoms with van der Waals surface area (Å²) in [5, 5.41) is 0. The van der Waals surface area contributed by atoms with E-state index in [9.17, 15) is 8.78 Å². The lowest BCUT2D eigenvalue weighted by Gasteiger charge is -2.23. The average molecular weight is 280 g/mol. The standard InChI is InChI=1S/C17H22F2O/c1-3-4-5-6-14-9-8-13(11-20-14)15-10-7-12(2)16(18)17(15)19/h7-8,10,14H,3-6,9,11H2,1-2H3. The van der Waals surface area contributed by atoms with Crippen LogP contribution in [0.3, 0.4) is 0 Å². The Morgan fingerprint density at radius 1 is 1.20 bits per heavy atom. The number of rotatable bonds is 5. The number of hydrogen-bond donors (Lipinski definition) is 0. The van der Waals surface area contributed by atoms with Crippen LogP contribution < -0.4 is 0 Å². The highest BCUT2D eigenvalue weighted by Crippen LogP contribution is 2.28. The highest BCUT2D eigenvalue weighted by molar-refractivity contribution is 5.67. The molecular formula is C17H22F2O. The predicted molar refractivity (Wildman–Crippen MR) is 77.6 cm³/mol. The van der Waals surface area contributed by atoms with Crippen molar-refractivity contribution in [3.63, 3.8) is 0 Å². The zero-order valence-electron chi connectivity index (χ0n) is 12.2. The van der Waals surface area contributed by atoms with E-state index in [1.165, 1.54) is 12.8 Å². The second-order valence-corrected chi connectivity index (χ2v) is 5.45. The third-order valence-corrected chi connectivity index (χ3v) is 3.85. The van der Waals surface area contributed by atoms with E-state index in [4.69, 9.17) is 4.74 Å². The van der Waals surface area contributed by atoms with Gasteiger partial charge in [-0.3, -0.25) is 0 Å². The van der Waals surface area contributed by atoms with Gasteiger partial charge in [0.2, 0.25) is 0 Å². The lowest BCUT2D eigenvalue weighted by molar-refractivity contribution is 0.0645. The molecule has 1 atom stereocenters. The molecule has 20 heavy (non-hydrogen) atoms. The molecule has 0 aromatic heterocycles. The van der Waals surface area contributed by atoms with E-state index >= 15 is 0 Å². The van der Waals surface area contributed by atoms with Crippen molar-refractivity contribution in [3.8, 4) is 0 Å². The van der Waals surface area contributed by atoms with E-state index in [1.807, 2.05) is 6.08 Å². The zero-order chi connectivity index (χ0) is 14.5. The van der Waals surface area contributed by atoms with Crippen LogP contribution in [0.15, 0.2) is 18.2 Å². The summed E-state index contributed by atoms with van der Waals surface area (Å²) in [5.41, 5.74) is 1.43. The third-order valence-electron chi connectivity index (χ3n) is 3.85. The lowest BCUT2D eigenvalue weighted by atomic mass is 9.98. The van der Waals surface area contributed by atoms with E-state index in [0.29, 0.717) is 17.7 Å². The normalized spacial score (nSPS) is 19.0. The molecule has 1 nitrogen and oxygen atoms in total. The second kappa shape index (κ2) is 6.98. The van der Waals surface area contributed by atoms with Gasteiger partial charge in [0.1, 0.15) is 0 Å². The van der Waals surface area contributed by atoms with Crippen molar-refractivity contribution in [1.82, 2.24) is 0 Å². The van der Waals surface area contributed by atoms with Gasteiger partial charge in [-0.05, 0) is 30.9 Å². The first kappa shape index (κ1) is 15.2. The molecule has 1 unspecified atom stereocenters. The van der Waals surface area contributed by atoms with Gasteiger partial charge >= 0.3 is 0 Å². The van der Waals surface area contributed by atoms with Gasteiger partial charge in [0.25, 0.3) is 0 Å². The first-order valence-corrected chi connectivity index (χ1v) is 7.39. The van der Waals surface area contributed by atoms with Crippen molar-refractivity contribution in [2.24, 2.45) is 0 Å². The zero-order valence-corrected chi connectivity index (χ0v) is 12.2. The van der Waals surface area contributed by atoms with Gasteiger partial charge < -0.3 is 4.74 Å². The van der Waals surface area contributed by atoms with Crippen molar-refractivity contribution >= 4 is 5.57 Å². The molecule has 0 radical (unpaired) electrons. The molecule has 1 aliphatic heterocycles. The predicted octanol–water partition coefficient (Wildman–Crippen LogP) is 5.03. The van der Waals surface area contributed by atoms with Crippen molar-refractivity contribution in [2.75, 3.05) is 6.61 Å². The molecule has 0 bridgehead atoms. The minimum atomic E-state index is -0.760. The lowest BCUT2D eigenvalue weighted by Crippen LogP contribution is -2.18. The topological polar surface area (TPSA) is 9.23 Å². The van der Waals surface area contributed by atoms with Gasteiger partial charge in [0.15, 0.2) is 11.6 Å². The van der Waals surface area contributed by atoms with Crippen molar-refractivity contribution in [3.05, 3.63) is 41.0 Å². The molecule has 2 rings (SSSR count). The number of benzene rings is 1. The van der Waals surface area contributed by atoms with Crippen LogP contribution in [0.2, 0.25) is 0 Å². The fraction of sp³-hybridized carbons (Fsp3) is 0.529. The van der Waals surface area contributed by atoms with E-state index in [2.05, 4.69) is 6.92 Å². The van der Waals surface area contributed by atoms with Gasteiger partial charge in [0, 0.05) is 5.56 Å².